The van der Waals surface area contributed by atoms with Crippen LogP contribution in [-0.4, -0.2) is 27.3 Å². The number of amides is 1. The maximum absolute atomic E-state index is 13.6. The summed E-state index contributed by atoms with van der Waals surface area (Å²) in [5.74, 6) is -1.65. The van der Waals surface area contributed by atoms with Crippen molar-refractivity contribution in [2.45, 2.75) is 26.4 Å². The van der Waals surface area contributed by atoms with Gasteiger partial charge in [0.25, 0.3) is 5.91 Å². The van der Waals surface area contributed by atoms with Crippen LogP contribution < -0.4 is 5.32 Å². The molecular formula is C25H21ClFN3O3S. The van der Waals surface area contributed by atoms with Gasteiger partial charge in [-0.3, -0.25) is 4.79 Å². The lowest BCUT2D eigenvalue weighted by Crippen LogP contribution is -2.25. The van der Waals surface area contributed by atoms with Gasteiger partial charge >= 0.3 is 5.97 Å². The Labute approximate surface area is 204 Å². The molecule has 0 aliphatic rings. The lowest BCUT2D eigenvalue weighted by molar-refractivity contribution is 0.00721. The highest BCUT2D eigenvalue weighted by molar-refractivity contribution is 7.14. The summed E-state index contributed by atoms with van der Waals surface area (Å²) in [7, 11) is 0. The number of nitrogens with one attached hydrogen (secondary N) is 1. The summed E-state index contributed by atoms with van der Waals surface area (Å²) in [5.41, 5.74) is 1.35. The van der Waals surface area contributed by atoms with Gasteiger partial charge in [0, 0.05) is 27.7 Å². The molecule has 1 N–H and O–H groups in total. The third-order valence-corrected chi connectivity index (χ3v) is 5.95. The first-order valence-corrected chi connectivity index (χ1v) is 11.6. The summed E-state index contributed by atoms with van der Waals surface area (Å²) in [6.07, 6.45) is 3.41. The van der Waals surface area contributed by atoms with E-state index in [1.165, 1.54) is 29.5 Å². The molecule has 2 aromatic carbocycles. The molecule has 9 heteroatoms. The number of esters is 1. The molecule has 1 amide bonds. The van der Waals surface area contributed by atoms with Gasteiger partial charge < -0.3 is 10.1 Å². The van der Waals surface area contributed by atoms with Crippen molar-refractivity contribution < 1.29 is 18.7 Å². The Balaban J connectivity index is 1.71. The predicted octanol–water partition coefficient (Wildman–Crippen LogP) is 6.60. The van der Waals surface area contributed by atoms with E-state index in [0.29, 0.717) is 15.5 Å². The molecule has 0 saturated carbocycles. The standard InChI is InChI=1S/C25H21ClFN3O3S/c1-25(2,3)33-24(32)21-20(29-23(31)15-5-4-6-18(27)11-15)14-34-22(21)16-12-28-30(13-16)19-9-7-17(26)8-10-19/h4-14H,1-3H3,(H,29,31). The summed E-state index contributed by atoms with van der Waals surface area (Å²) < 4.78 is 20.9. The van der Waals surface area contributed by atoms with Gasteiger partial charge in [0.2, 0.25) is 0 Å². The van der Waals surface area contributed by atoms with Crippen LogP contribution in [-0.2, 0) is 4.74 Å². The zero-order valence-electron chi connectivity index (χ0n) is 18.6. The van der Waals surface area contributed by atoms with Gasteiger partial charge in [-0.2, -0.15) is 5.10 Å². The molecule has 0 aliphatic heterocycles. The maximum atomic E-state index is 13.6. The van der Waals surface area contributed by atoms with E-state index >= 15 is 0 Å². The van der Waals surface area contributed by atoms with Crippen molar-refractivity contribution in [3.8, 4) is 16.1 Å². The van der Waals surface area contributed by atoms with E-state index in [9.17, 15) is 14.0 Å². The summed E-state index contributed by atoms with van der Waals surface area (Å²) in [6, 6.07) is 12.5. The van der Waals surface area contributed by atoms with Crippen LogP contribution in [0.25, 0.3) is 16.1 Å². The van der Waals surface area contributed by atoms with Crippen LogP contribution in [0.2, 0.25) is 5.02 Å². The smallest absolute Gasteiger partial charge is 0.342 e. The van der Waals surface area contributed by atoms with Crippen molar-refractivity contribution in [2.24, 2.45) is 0 Å². The zero-order chi connectivity index (χ0) is 24.5. The number of carbonyl (C=O) groups excluding carboxylic acids is 2. The average Bonchev–Trinajstić information content (AvgIpc) is 3.40. The highest BCUT2D eigenvalue weighted by Gasteiger charge is 2.27. The van der Waals surface area contributed by atoms with Crippen LogP contribution in [0.15, 0.2) is 66.3 Å². The summed E-state index contributed by atoms with van der Waals surface area (Å²) in [5, 5.41) is 9.38. The highest BCUT2D eigenvalue weighted by atomic mass is 35.5. The molecule has 2 aromatic heterocycles. The molecule has 174 valence electrons. The first kappa shape index (κ1) is 23.7. The number of ether oxygens (including phenoxy) is 1. The van der Waals surface area contributed by atoms with Gasteiger partial charge in [0.05, 0.1) is 22.4 Å². The lowest BCUT2D eigenvalue weighted by Gasteiger charge is -2.20. The fraction of sp³-hybridized carbons (Fsp3) is 0.160. The van der Waals surface area contributed by atoms with E-state index in [1.807, 2.05) is 12.1 Å². The van der Waals surface area contributed by atoms with E-state index in [0.717, 1.165) is 11.8 Å². The number of thiophene rings is 1. The minimum absolute atomic E-state index is 0.137. The molecule has 0 bridgehead atoms. The van der Waals surface area contributed by atoms with Crippen molar-refractivity contribution in [3.05, 3.63) is 88.3 Å². The Hall–Kier alpha value is -3.49. The molecular weight excluding hydrogens is 477 g/mol. The molecule has 34 heavy (non-hydrogen) atoms. The molecule has 0 spiro atoms. The topological polar surface area (TPSA) is 73.2 Å². The largest absolute Gasteiger partial charge is 0.456 e. The average molecular weight is 498 g/mol. The molecule has 4 rings (SSSR count). The van der Waals surface area contributed by atoms with Crippen molar-refractivity contribution >= 4 is 40.5 Å². The quantitative estimate of drug-likeness (QED) is 0.315. The molecule has 0 fully saturated rings. The second kappa shape index (κ2) is 9.40. The number of benzene rings is 2. The Kier molecular flexibility index (Phi) is 6.54. The Morgan fingerprint density at radius 3 is 2.56 bits per heavy atom. The summed E-state index contributed by atoms with van der Waals surface area (Å²) in [6.45, 7) is 5.29. The molecule has 0 aliphatic carbocycles. The van der Waals surface area contributed by atoms with E-state index in [4.69, 9.17) is 16.3 Å². The molecule has 0 radical (unpaired) electrons. The molecule has 0 atom stereocenters. The van der Waals surface area contributed by atoms with E-state index in [-0.39, 0.29) is 16.8 Å². The number of aromatic nitrogens is 2. The Morgan fingerprint density at radius 2 is 1.88 bits per heavy atom. The fourth-order valence-electron chi connectivity index (χ4n) is 3.19. The minimum atomic E-state index is -0.742. The maximum Gasteiger partial charge on any atom is 0.342 e. The van der Waals surface area contributed by atoms with Crippen LogP contribution in [0.5, 0.6) is 0 Å². The van der Waals surface area contributed by atoms with Crippen LogP contribution in [0, 0.1) is 5.82 Å². The van der Waals surface area contributed by atoms with E-state index in [1.54, 1.807) is 55.4 Å². The van der Waals surface area contributed by atoms with Crippen molar-refractivity contribution in [2.75, 3.05) is 5.32 Å². The number of hydrogen-bond acceptors (Lipinski definition) is 5. The summed E-state index contributed by atoms with van der Waals surface area (Å²) >= 11 is 7.24. The minimum Gasteiger partial charge on any atom is -0.456 e. The van der Waals surface area contributed by atoms with Gasteiger partial charge in [0.15, 0.2) is 0 Å². The zero-order valence-corrected chi connectivity index (χ0v) is 20.2. The van der Waals surface area contributed by atoms with Gasteiger partial charge in [-0.05, 0) is 63.2 Å². The number of hydrogen-bond donors (Lipinski definition) is 1. The van der Waals surface area contributed by atoms with E-state index < -0.39 is 23.3 Å². The van der Waals surface area contributed by atoms with Crippen molar-refractivity contribution in [3.63, 3.8) is 0 Å². The second-order valence-corrected chi connectivity index (χ2v) is 9.79. The van der Waals surface area contributed by atoms with Crippen LogP contribution in [0.4, 0.5) is 10.1 Å². The monoisotopic (exact) mass is 497 g/mol. The molecule has 6 nitrogen and oxygen atoms in total. The highest BCUT2D eigenvalue weighted by Crippen LogP contribution is 2.37. The first-order valence-electron chi connectivity index (χ1n) is 10.3. The number of carbonyl (C=O) groups is 2. The van der Waals surface area contributed by atoms with Gasteiger partial charge in [-0.1, -0.05) is 17.7 Å². The molecule has 0 unspecified atom stereocenters. The van der Waals surface area contributed by atoms with Crippen LogP contribution in [0.3, 0.4) is 0 Å². The van der Waals surface area contributed by atoms with Crippen LogP contribution in [0.1, 0.15) is 41.5 Å². The number of rotatable bonds is 5. The van der Waals surface area contributed by atoms with Gasteiger partial charge in [-0.15, -0.1) is 11.3 Å². The van der Waals surface area contributed by atoms with Crippen molar-refractivity contribution in [1.29, 1.82) is 0 Å². The second-order valence-electron chi connectivity index (χ2n) is 8.47. The van der Waals surface area contributed by atoms with Gasteiger partial charge in [0.1, 0.15) is 17.0 Å². The van der Waals surface area contributed by atoms with Crippen molar-refractivity contribution in [1.82, 2.24) is 9.78 Å². The predicted molar refractivity (Wildman–Crippen MR) is 131 cm³/mol. The van der Waals surface area contributed by atoms with Gasteiger partial charge in [-0.25, -0.2) is 13.9 Å². The third kappa shape index (κ3) is 5.35. The fourth-order valence-corrected chi connectivity index (χ4v) is 4.28. The Bertz CT molecular complexity index is 1360. The Morgan fingerprint density at radius 1 is 1.15 bits per heavy atom. The summed E-state index contributed by atoms with van der Waals surface area (Å²) in [4.78, 5) is 26.5. The SMILES string of the molecule is CC(C)(C)OC(=O)c1c(NC(=O)c2cccc(F)c2)csc1-c1cnn(-c2ccc(Cl)cc2)c1. The number of nitrogens with zero attached hydrogens (tertiary/aromatic N) is 2. The number of halogens is 2. The lowest BCUT2D eigenvalue weighted by atomic mass is 10.1. The molecule has 2 heterocycles. The number of anilines is 1. The molecule has 4 aromatic rings. The normalized spacial score (nSPS) is 11.3. The molecule has 0 saturated heterocycles. The van der Waals surface area contributed by atoms with E-state index in [2.05, 4.69) is 10.4 Å². The van der Waals surface area contributed by atoms with Crippen LogP contribution >= 0.6 is 22.9 Å². The third-order valence-electron chi connectivity index (χ3n) is 4.66. The first-order chi connectivity index (χ1) is 16.1.